The van der Waals surface area contributed by atoms with Crippen LogP contribution in [-0.2, 0) is 19.2 Å². The molecule has 15 heteroatoms. The number of anilines is 3. The second-order valence-electron chi connectivity index (χ2n) is 9.81. The summed E-state index contributed by atoms with van der Waals surface area (Å²) in [5.74, 6) is -4.43. The third kappa shape index (κ3) is 15.8. The quantitative estimate of drug-likeness (QED) is 0.185. The second-order valence-corrected chi connectivity index (χ2v) is 9.81. The van der Waals surface area contributed by atoms with Crippen molar-refractivity contribution in [3.05, 3.63) is 109 Å². The number of hydrogen-bond donors (Lipinski definition) is 5. The molecular weight excluding hydrogens is 629 g/mol. The summed E-state index contributed by atoms with van der Waals surface area (Å²) >= 11 is 0. The van der Waals surface area contributed by atoms with Crippen LogP contribution in [0.25, 0.3) is 0 Å². The molecule has 0 spiro atoms. The molecule has 0 unspecified atom stereocenters. The lowest BCUT2D eigenvalue weighted by Crippen LogP contribution is -2.50. The number of carboxylic acid groups (broad SMARTS) is 4. The summed E-state index contributed by atoms with van der Waals surface area (Å²) in [7, 11) is 0. The maximum absolute atomic E-state index is 13.4. The van der Waals surface area contributed by atoms with Gasteiger partial charge in [0.1, 0.15) is 11.6 Å². The molecule has 4 rings (SSSR count). The van der Waals surface area contributed by atoms with Crippen molar-refractivity contribution in [2.75, 3.05) is 49.5 Å². The van der Waals surface area contributed by atoms with E-state index in [1.807, 2.05) is 53.4 Å². The summed E-state index contributed by atoms with van der Waals surface area (Å²) in [6.45, 7) is 4.82. The Kier molecular flexibility index (Phi) is 16.5. The van der Waals surface area contributed by atoms with E-state index in [2.05, 4.69) is 20.1 Å². The number of amides is 2. The van der Waals surface area contributed by atoms with Crippen molar-refractivity contribution >= 4 is 47.1 Å². The molecule has 2 aromatic carbocycles. The molecule has 0 saturated carbocycles. The van der Waals surface area contributed by atoms with Gasteiger partial charge in [-0.3, -0.25) is 4.90 Å². The van der Waals surface area contributed by atoms with Crippen LogP contribution in [0.2, 0.25) is 0 Å². The van der Waals surface area contributed by atoms with Crippen LogP contribution in [0.1, 0.15) is 6.42 Å². The van der Waals surface area contributed by atoms with E-state index in [-0.39, 0.29) is 11.8 Å². The number of nitrogens with one attached hydrogen (secondary N) is 1. The molecule has 5 N–H and O–H groups in total. The average Bonchev–Trinajstić information content (AvgIpc) is 3.07. The number of nitrogens with zero attached hydrogens (tertiary/aromatic N) is 4. The number of carboxylic acids is 4. The number of rotatable bonds is 11. The first kappa shape index (κ1) is 38.1. The summed E-state index contributed by atoms with van der Waals surface area (Å²) in [4.78, 5) is 61.5. The van der Waals surface area contributed by atoms with Gasteiger partial charge in [0.2, 0.25) is 0 Å². The van der Waals surface area contributed by atoms with Crippen LogP contribution in [0.5, 0.6) is 0 Å². The number of pyridine rings is 1. The van der Waals surface area contributed by atoms with E-state index in [1.165, 1.54) is 12.1 Å². The Morgan fingerprint density at radius 2 is 1.25 bits per heavy atom. The number of aromatic nitrogens is 1. The zero-order valence-corrected chi connectivity index (χ0v) is 25.8. The van der Waals surface area contributed by atoms with E-state index >= 15 is 0 Å². The van der Waals surface area contributed by atoms with Gasteiger partial charge in [0.25, 0.3) is 0 Å². The molecule has 2 heterocycles. The molecule has 0 radical (unpaired) electrons. The maximum atomic E-state index is 13.4. The summed E-state index contributed by atoms with van der Waals surface area (Å²) in [6.07, 6.45) is 4.94. The molecule has 3 aromatic rings. The third-order valence-corrected chi connectivity index (χ3v) is 6.34. The molecular formula is C33H36FN5O9. The van der Waals surface area contributed by atoms with Crippen LogP contribution in [0.3, 0.4) is 0 Å². The van der Waals surface area contributed by atoms with Gasteiger partial charge in [-0.15, -0.1) is 0 Å². The molecule has 1 fully saturated rings. The third-order valence-electron chi connectivity index (χ3n) is 6.34. The Balaban J connectivity index is 0.000000414. The van der Waals surface area contributed by atoms with Gasteiger partial charge in [-0.25, -0.2) is 33.3 Å². The van der Waals surface area contributed by atoms with Crippen LogP contribution >= 0.6 is 0 Å². The van der Waals surface area contributed by atoms with E-state index in [0.29, 0.717) is 37.4 Å². The molecule has 1 aliphatic rings. The first-order valence-electron chi connectivity index (χ1n) is 14.5. The Hall–Kier alpha value is -6.09. The lowest BCUT2D eigenvalue weighted by atomic mass is 10.2. The molecule has 254 valence electrons. The van der Waals surface area contributed by atoms with Crippen molar-refractivity contribution in [3.8, 4) is 0 Å². The van der Waals surface area contributed by atoms with Gasteiger partial charge in [-0.1, -0.05) is 24.3 Å². The molecule has 1 saturated heterocycles. The summed E-state index contributed by atoms with van der Waals surface area (Å²) < 4.78 is 13.4. The largest absolute Gasteiger partial charge is 0.478 e. The standard InChI is InChI=1S/C25H28FN5O.2C4H4O4/c26-21-10-12-23(13-11-21)31(24-9-4-5-14-27-24)16-6-15-29-17-19-30(20-18-29)25(32)28-22-7-2-1-3-8-22;2*5-3(6)1-2-4(7)8/h1-5,7-14H,6,15-20H2,(H,28,32);2*1-2H,(H,5,6)(H,7,8). The van der Waals surface area contributed by atoms with Gasteiger partial charge in [-0.2, -0.15) is 0 Å². The van der Waals surface area contributed by atoms with Gasteiger partial charge in [-0.05, 0) is 61.5 Å². The first-order chi connectivity index (χ1) is 22.9. The van der Waals surface area contributed by atoms with Crippen molar-refractivity contribution < 1.29 is 48.8 Å². The smallest absolute Gasteiger partial charge is 0.328 e. The van der Waals surface area contributed by atoms with Gasteiger partial charge < -0.3 is 35.5 Å². The number of carbonyl (C=O) groups is 5. The number of halogens is 1. The number of urea groups is 1. The lowest BCUT2D eigenvalue weighted by Gasteiger charge is -2.35. The molecule has 2 amide bonds. The number of aliphatic carboxylic acids is 4. The van der Waals surface area contributed by atoms with E-state index in [1.54, 1.807) is 18.3 Å². The summed E-state index contributed by atoms with van der Waals surface area (Å²) in [5, 5.41) is 34.2. The molecule has 0 bridgehead atoms. The number of piperazine rings is 1. The number of benzene rings is 2. The van der Waals surface area contributed by atoms with E-state index in [0.717, 1.165) is 49.8 Å². The van der Waals surface area contributed by atoms with Crippen molar-refractivity contribution in [2.24, 2.45) is 0 Å². The Morgan fingerprint density at radius 3 is 1.73 bits per heavy atom. The van der Waals surface area contributed by atoms with Gasteiger partial charge in [0.15, 0.2) is 0 Å². The van der Waals surface area contributed by atoms with E-state index in [9.17, 15) is 28.4 Å². The van der Waals surface area contributed by atoms with Crippen molar-refractivity contribution in [3.63, 3.8) is 0 Å². The minimum atomic E-state index is -1.26. The highest BCUT2D eigenvalue weighted by Gasteiger charge is 2.21. The monoisotopic (exact) mass is 665 g/mol. The number of para-hydroxylation sites is 1. The van der Waals surface area contributed by atoms with Crippen molar-refractivity contribution in [1.82, 2.24) is 14.8 Å². The highest BCUT2D eigenvalue weighted by Crippen LogP contribution is 2.24. The minimum absolute atomic E-state index is 0.0477. The minimum Gasteiger partial charge on any atom is -0.478 e. The van der Waals surface area contributed by atoms with Crippen LogP contribution in [-0.4, -0.2) is 104 Å². The fourth-order valence-corrected chi connectivity index (χ4v) is 4.15. The van der Waals surface area contributed by atoms with Gasteiger partial charge in [0, 0.05) is 74.6 Å². The Labute approximate surface area is 275 Å². The Morgan fingerprint density at radius 1 is 0.729 bits per heavy atom. The normalized spacial score (nSPS) is 12.6. The molecule has 1 aromatic heterocycles. The van der Waals surface area contributed by atoms with Crippen molar-refractivity contribution in [1.29, 1.82) is 0 Å². The van der Waals surface area contributed by atoms with E-state index < -0.39 is 23.9 Å². The zero-order chi connectivity index (χ0) is 35.3. The highest BCUT2D eigenvalue weighted by molar-refractivity contribution is 5.90. The van der Waals surface area contributed by atoms with Crippen LogP contribution in [0.4, 0.5) is 26.4 Å². The Bertz CT molecular complexity index is 1460. The van der Waals surface area contributed by atoms with Crippen LogP contribution in [0, 0.1) is 5.82 Å². The molecule has 0 aliphatic carbocycles. The predicted octanol–water partition coefficient (Wildman–Crippen LogP) is 4.02. The van der Waals surface area contributed by atoms with Gasteiger partial charge in [0.05, 0.1) is 0 Å². The van der Waals surface area contributed by atoms with Crippen molar-refractivity contribution in [2.45, 2.75) is 6.42 Å². The SMILES string of the molecule is O=C(Nc1ccccc1)N1CCN(CCCN(c2ccc(F)cc2)c2ccccn2)CC1.O=C(O)C=CC(=O)O.O=C(O)C=CC(=O)O. The predicted molar refractivity (Wildman–Crippen MR) is 175 cm³/mol. The zero-order valence-electron chi connectivity index (χ0n) is 25.8. The second kappa shape index (κ2) is 20.8. The average molecular weight is 666 g/mol. The molecule has 1 aliphatic heterocycles. The molecule has 0 atom stereocenters. The van der Waals surface area contributed by atoms with Crippen LogP contribution in [0.15, 0.2) is 103 Å². The molecule has 14 nitrogen and oxygen atoms in total. The summed E-state index contributed by atoms with van der Waals surface area (Å²) in [5.41, 5.74) is 1.74. The highest BCUT2D eigenvalue weighted by atomic mass is 19.1. The van der Waals surface area contributed by atoms with Crippen LogP contribution < -0.4 is 10.2 Å². The number of hydrogen-bond acceptors (Lipinski definition) is 8. The fourth-order valence-electron chi connectivity index (χ4n) is 4.15. The topological polar surface area (TPSA) is 201 Å². The first-order valence-corrected chi connectivity index (χ1v) is 14.5. The lowest BCUT2D eigenvalue weighted by molar-refractivity contribution is -0.134. The number of carbonyl (C=O) groups excluding carboxylic acids is 1. The fraction of sp³-hybridized carbons (Fsp3) is 0.212. The van der Waals surface area contributed by atoms with Gasteiger partial charge >= 0.3 is 29.9 Å². The maximum Gasteiger partial charge on any atom is 0.328 e. The molecule has 48 heavy (non-hydrogen) atoms. The van der Waals surface area contributed by atoms with E-state index in [4.69, 9.17) is 20.4 Å². The summed E-state index contributed by atoms with van der Waals surface area (Å²) in [6, 6.07) is 21.8.